The molecule has 0 saturated heterocycles. The number of H-pyrrole nitrogens is 1. The predicted molar refractivity (Wildman–Crippen MR) is 53.9 cm³/mol. The molecule has 0 aliphatic heterocycles. The molecule has 1 heterocycles. The van der Waals surface area contributed by atoms with Crippen molar-refractivity contribution in [2.75, 3.05) is 0 Å². The molecule has 0 amide bonds. The van der Waals surface area contributed by atoms with Gasteiger partial charge in [-0.1, -0.05) is 15.9 Å². The van der Waals surface area contributed by atoms with Gasteiger partial charge in [-0.2, -0.15) is 10.4 Å². The van der Waals surface area contributed by atoms with Gasteiger partial charge in [0, 0.05) is 9.86 Å². The topological polar surface area (TPSA) is 69.5 Å². The summed E-state index contributed by atoms with van der Waals surface area (Å²) in [5.41, 5.74) is 1.35. The van der Waals surface area contributed by atoms with Crippen LogP contribution in [0.4, 0.5) is 0 Å². The van der Waals surface area contributed by atoms with E-state index in [-0.39, 0.29) is 0 Å². The Balaban J connectivity index is 2.95. The average molecular weight is 250 g/mol. The molecule has 0 aliphatic rings. The summed E-state index contributed by atoms with van der Waals surface area (Å²) in [6, 6.07) is 5.40. The minimum absolute atomic E-state index is 0.379. The average Bonchev–Trinajstić information content (AvgIpc) is 2.63. The van der Waals surface area contributed by atoms with Crippen LogP contribution >= 0.6 is 15.9 Å². The molecule has 0 saturated carbocycles. The zero-order chi connectivity index (χ0) is 10.1. The van der Waals surface area contributed by atoms with E-state index in [0.29, 0.717) is 28.4 Å². The Kier molecular flexibility index (Phi) is 2.06. The van der Waals surface area contributed by atoms with Crippen molar-refractivity contribution in [2.45, 2.75) is 0 Å². The molecule has 0 radical (unpaired) electrons. The molecular weight excluding hydrogens is 246 g/mol. The highest BCUT2D eigenvalue weighted by atomic mass is 79.9. The number of fused-ring (bicyclic) bond motifs is 1. The van der Waals surface area contributed by atoms with Gasteiger partial charge < -0.3 is 0 Å². The van der Waals surface area contributed by atoms with Crippen LogP contribution in [0.15, 0.2) is 16.6 Å². The van der Waals surface area contributed by atoms with Gasteiger partial charge >= 0.3 is 0 Å². The first-order chi connectivity index (χ1) is 6.77. The van der Waals surface area contributed by atoms with Crippen LogP contribution in [-0.4, -0.2) is 16.5 Å². The number of aromatic amines is 1. The van der Waals surface area contributed by atoms with Crippen LogP contribution in [0.25, 0.3) is 10.9 Å². The number of nitrogens with one attached hydrogen (secondary N) is 1. The van der Waals surface area contributed by atoms with Crippen molar-refractivity contribution in [1.29, 1.82) is 5.26 Å². The highest BCUT2D eigenvalue weighted by molar-refractivity contribution is 9.10. The molecule has 1 N–H and O–H groups in total. The number of aldehydes is 1. The first-order valence-corrected chi connectivity index (χ1v) is 4.59. The van der Waals surface area contributed by atoms with Crippen molar-refractivity contribution in [1.82, 2.24) is 10.2 Å². The van der Waals surface area contributed by atoms with E-state index in [2.05, 4.69) is 26.1 Å². The van der Waals surface area contributed by atoms with Gasteiger partial charge in [-0.3, -0.25) is 9.89 Å². The molecule has 2 aromatic rings. The van der Waals surface area contributed by atoms with E-state index in [1.54, 1.807) is 12.1 Å². The van der Waals surface area contributed by atoms with Crippen LogP contribution in [-0.2, 0) is 0 Å². The van der Waals surface area contributed by atoms with Gasteiger partial charge in [-0.25, -0.2) is 0 Å². The van der Waals surface area contributed by atoms with Crippen LogP contribution < -0.4 is 0 Å². The second-order valence-electron chi connectivity index (χ2n) is 2.69. The van der Waals surface area contributed by atoms with Crippen molar-refractivity contribution in [3.05, 3.63) is 27.9 Å². The van der Waals surface area contributed by atoms with Gasteiger partial charge in [-0.15, -0.1) is 0 Å². The SMILES string of the molecule is N#Cc1ccc(Br)c2c(C=O)[nH]nc12. The number of benzene rings is 1. The molecule has 0 atom stereocenters. The van der Waals surface area contributed by atoms with E-state index < -0.39 is 0 Å². The van der Waals surface area contributed by atoms with Crippen LogP contribution in [0.1, 0.15) is 16.1 Å². The second kappa shape index (κ2) is 3.24. The summed E-state index contributed by atoms with van der Waals surface area (Å²) in [5.74, 6) is 0. The Hall–Kier alpha value is -1.67. The maximum atomic E-state index is 10.7. The lowest BCUT2D eigenvalue weighted by Crippen LogP contribution is -1.81. The van der Waals surface area contributed by atoms with Gasteiger partial charge in [0.25, 0.3) is 0 Å². The van der Waals surface area contributed by atoms with Gasteiger partial charge in [-0.05, 0) is 12.1 Å². The van der Waals surface area contributed by atoms with Crippen LogP contribution in [0.5, 0.6) is 0 Å². The highest BCUT2D eigenvalue weighted by Crippen LogP contribution is 2.26. The lowest BCUT2D eigenvalue weighted by molar-refractivity contribution is 0.112. The van der Waals surface area contributed by atoms with Gasteiger partial charge in [0.05, 0.1) is 5.56 Å². The number of nitrogens with zero attached hydrogens (tertiary/aromatic N) is 2. The number of halogens is 1. The number of aromatic nitrogens is 2. The first kappa shape index (κ1) is 8.91. The molecule has 0 aliphatic carbocycles. The fraction of sp³-hybridized carbons (Fsp3) is 0. The number of carbonyl (C=O) groups excluding carboxylic acids is 1. The van der Waals surface area contributed by atoms with Crippen molar-refractivity contribution >= 4 is 33.1 Å². The number of hydrogen-bond donors (Lipinski definition) is 1. The number of rotatable bonds is 1. The monoisotopic (exact) mass is 249 g/mol. The van der Waals surface area contributed by atoms with E-state index in [1.807, 2.05) is 6.07 Å². The molecule has 2 rings (SSSR count). The van der Waals surface area contributed by atoms with Gasteiger partial charge in [0.15, 0.2) is 6.29 Å². The third-order valence-electron chi connectivity index (χ3n) is 1.92. The van der Waals surface area contributed by atoms with Crippen molar-refractivity contribution in [3.63, 3.8) is 0 Å². The maximum absolute atomic E-state index is 10.7. The number of hydrogen-bond acceptors (Lipinski definition) is 3. The molecule has 14 heavy (non-hydrogen) atoms. The zero-order valence-corrected chi connectivity index (χ0v) is 8.50. The number of nitriles is 1. The zero-order valence-electron chi connectivity index (χ0n) is 6.91. The molecule has 1 aromatic heterocycles. The third kappa shape index (κ3) is 1.12. The second-order valence-corrected chi connectivity index (χ2v) is 3.54. The quantitative estimate of drug-likeness (QED) is 0.787. The van der Waals surface area contributed by atoms with E-state index in [1.165, 1.54) is 0 Å². The summed E-state index contributed by atoms with van der Waals surface area (Å²) in [6.45, 7) is 0. The summed E-state index contributed by atoms with van der Waals surface area (Å²) in [5, 5.41) is 15.9. The smallest absolute Gasteiger partial charge is 0.168 e. The standard InChI is InChI=1S/C9H4BrN3O/c10-6-2-1-5(3-11)9-8(6)7(4-14)12-13-9/h1-2,4H,(H,12,13). The Labute approximate surface area is 87.7 Å². The molecule has 5 heteroatoms. The minimum Gasteiger partial charge on any atom is -0.296 e. The Morgan fingerprint density at radius 1 is 1.57 bits per heavy atom. The third-order valence-corrected chi connectivity index (χ3v) is 2.58. The molecule has 0 unspecified atom stereocenters. The molecule has 68 valence electrons. The van der Waals surface area contributed by atoms with Crippen LogP contribution in [0.3, 0.4) is 0 Å². The summed E-state index contributed by atoms with van der Waals surface area (Å²) in [4.78, 5) is 10.7. The molecule has 4 nitrogen and oxygen atoms in total. The van der Waals surface area contributed by atoms with Crippen molar-refractivity contribution in [3.8, 4) is 6.07 Å². The van der Waals surface area contributed by atoms with Gasteiger partial charge in [0.1, 0.15) is 17.3 Å². The van der Waals surface area contributed by atoms with E-state index in [0.717, 1.165) is 4.47 Å². The largest absolute Gasteiger partial charge is 0.296 e. The summed E-state index contributed by atoms with van der Waals surface area (Å²) in [7, 11) is 0. The van der Waals surface area contributed by atoms with E-state index in [4.69, 9.17) is 5.26 Å². The predicted octanol–water partition coefficient (Wildman–Crippen LogP) is 2.01. The lowest BCUT2D eigenvalue weighted by atomic mass is 10.1. The fourth-order valence-corrected chi connectivity index (χ4v) is 1.82. The first-order valence-electron chi connectivity index (χ1n) is 3.79. The summed E-state index contributed by atoms with van der Waals surface area (Å²) in [6.07, 6.45) is 0.682. The Morgan fingerprint density at radius 3 is 3.00 bits per heavy atom. The van der Waals surface area contributed by atoms with Crippen molar-refractivity contribution < 1.29 is 4.79 Å². The highest BCUT2D eigenvalue weighted by Gasteiger charge is 2.11. The molecule has 1 aromatic carbocycles. The summed E-state index contributed by atoms with van der Waals surface area (Å²) >= 11 is 3.30. The minimum atomic E-state index is 0.379. The fourth-order valence-electron chi connectivity index (χ4n) is 1.29. The van der Waals surface area contributed by atoms with Gasteiger partial charge in [0.2, 0.25) is 0 Å². The Morgan fingerprint density at radius 2 is 2.36 bits per heavy atom. The van der Waals surface area contributed by atoms with E-state index in [9.17, 15) is 4.79 Å². The summed E-state index contributed by atoms with van der Waals surface area (Å²) < 4.78 is 0.752. The van der Waals surface area contributed by atoms with Crippen molar-refractivity contribution in [2.24, 2.45) is 0 Å². The molecule has 0 fully saturated rings. The molecule has 0 spiro atoms. The lowest BCUT2D eigenvalue weighted by Gasteiger charge is -1.94. The molecular formula is C9H4BrN3O. The maximum Gasteiger partial charge on any atom is 0.168 e. The number of carbonyl (C=O) groups is 1. The van der Waals surface area contributed by atoms with Crippen LogP contribution in [0, 0.1) is 11.3 Å². The Bertz CT molecular complexity index is 553. The van der Waals surface area contributed by atoms with E-state index >= 15 is 0 Å². The normalized spacial score (nSPS) is 10.0. The van der Waals surface area contributed by atoms with Crippen LogP contribution in [0.2, 0.25) is 0 Å². The molecule has 0 bridgehead atoms.